The fourth-order valence-electron chi connectivity index (χ4n) is 2.41. The highest BCUT2D eigenvalue weighted by molar-refractivity contribution is 9.09. The minimum Gasteiger partial charge on any atom is -0.354 e. The van der Waals surface area contributed by atoms with Crippen LogP contribution in [0.4, 0.5) is 5.82 Å². The van der Waals surface area contributed by atoms with Crippen molar-refractivity contribution in [2.75, 3.05) is 23.3 Å². The summed E-state index contributed by atoms with van der Waals surface area (Å²) in [5, 5.41) is 1.08. The number of rotatable bonds is 3. The maximum Gasteiger partial charge on any atom is 0.182 e. The molecule has 3 heterocycles. The van der Waals surface area contributed by atoms with Crippen molar-refractivity contribution in [3.05, 3.63) is 12.7 Å². The Labute approximate surface area is 108 Å². The van der Waals surface area contributed by atoms with Crippen molar-refractivity contribution in [2.45, 2.75) is 12.8 Å². The smallest absolute Gasteiger partial charge is 0.182 e. The van der Waals surface area contributed by atoms with E-state index in [1.54, 1.807) is 12.7 Å². The van der Waals surface area contributed by atoms with Gasteiger partial charge in [-0.15, -0.1) is 0 Å². The first-order valence-electron chi connectivity index (χ1n) is 5.83. The molecule has 1 unspecified atom stereocenters. The van der Waals surface area contributed by atoms with Crippen molar-refractivity contribution in [1.29, 1.82) is 0 Å². The highest BCUT2D eigenvalue weighted by Gasteiger charge is 2.24. The average molecular weight is 296 g/mol. The zero-order chi connectivity index (χ0) is 11.7. The number of nitrogens with zero attached hydrogens (tertiary/aromatic N) is 4. The molecule has 5 nitrogen and oxygen atoms in total. The summed E-state index contributed by atoms with van der Waals surface area (Å²) < 4.78 is 0. The van der Waals surface area contributed by atoms with E-state index in [1.165, 1.54) is 12.8 Å². The third-order valence-corrected chi connectivity index (χ3v) is 3.76. The number of fused-ring (bicyclic) bond motifs is 1. The SMILES string of the molecule is BrCCC1CCN(c2ncnc3nc[nH]c23)C1. The number of aromatic amines is 1. The molecule has 0 saturated carbocycles. The van der Waals surface area contributed by atoms with E-state index in [-0.39, 0.29) is 0 Å². The summed E-state index contributed by atoms with van der Waals surface area (Å²) in [5.41, 5.74) is 1.70. The Morgan fingerprint density at radius 3 is 3.24 bits per heavy atom. The van der Waals surface area contributed by atoms with Gasteiger partial charge in [0, 0.05) is 18.4 Å². The van der Waals surface area contributed by atoms with Gasteiger partial charge in [-0.05, 0) is 18.8 Å². The zero-order valence-electron chi connectivity index (χ0n) is 9.43. The predicted molar refractivity (Wildman–Crippen MR) is 70.4 cm³/mol. The summed E-state index contributed by atoms with van der Waals surface area (Å²) in [6, 6.07) is 0. The van der Waals surface area contributed by atoms with Gasteiger partial charge in [0.05, 0.1) is 6.33 Å². The van der Waals surface area contributed by atoms with Crippen molar-refractivity contribution >= 4 is 32.9 Å². The molecule has 1 aliphatic rings. The van der Waals surface area contributed by atoms with Crippen LogP contribution in [0.5, 0.6) is 0 Å². The highest BCUT2D eigenvalue weighted by Crippen LogP contribution is 2.27. The molecule has 1 saturated heterocycles. The third-order valence-electron chi connectivity index (χ3n) is 3.31. The molecular weight excluding hydrogens is 282 g/mol. The number of hydrogen-bond donors (Lipinski definition) is 1. The number of nitrogens with one attached hydrogen (secondary N) is 1. The summed E-state index contributed by atoms with van der Waals surface area (Å²) in [7, 11) is 0. The number of alkyl halides is 1. The van der Waals surface area contributed by atoms with Crippen LogP contribution in [-0.4, -0.2) is 38.4 Å². The lowest BCUT2D eigenvalue weighted by molar-refractivity contribution is 0.575. The Kier molecular flexibility index (Phi) is 2.96. The second-order valence-corrected chi connectivity index (χ2v) is 5.17. The topological polar surface area (TPSA) is 57.7 Å². The summed E-state index contributed by atoms with van der Waals surface area (Å²) >= 11 is 3.51. The number of anilines is 1. The minimum atomic E-state index is 0.749. The van der Waals surface area contributed by atoms with Gasteiger partial charge in [0.2, 0.25) is 0 Å². The maximum atomic E-state index is 4.39. The van der Waals surface area contributed by atoms with Crippen molar-refractivity contribution < 1.29 is 0 Å². The van der Waals surface area contributed by atoms with Crippen LogP contribution in [0.15, 0.2) is 12.7 Å². The van der Waals surface area contributed by atoms with Gasteiger partial charge in [-0.25, -0.2) is 15.0 Å². The molecular formula is C11H14BrN5. The van der Waals surface area contributed by atoms with Gasteiger partial charge in [0.1, 0.15) is 11.8 Å². The fourth-order valence-corrected chi connectivity index (χ4v) is 3.05. The molecule has 2 aromatic heterocycles. The van der Waals surface area contributed by atoms with E-state index in [2.05, 4.69) is 40.8 Å². The van der Waals surface area contributed by atoms with Crippen LogP contribution in [-0.2, 0) is 0 Å². The lowest BCUT2D eigenvalue weighted by atomic mass is 10.1. The van der Waals surface area contributed by atoms with Crippen molar-refractivity contribution in [3.8, 4) is 0 Å². The second-order valence-electron chi connectivity index (χ2n) is 4.38. The van der Waals surface area contributed by atoms with Gasteiger partial charge in [0.25, 0.3) is 0 Å². The molecule has 2 aromatic rings. The summed E-state index contributed by atoms with van der Waals surface area (Å²) in [6.07, 6.45) is 5.74. The summed E-state index contributed by atoms with van der Waals surface area (Å²) in [6.45, 7) is 2.15. The lowest BCUT2D eigenvalue weighted by Crippen LogP contribution is -2.21. The summed E-state index contributed by atoms with van der Waals surface area (Å²) in [4.78, 5) is 18.1. The molecule has 1 fully saturated rings. The molecule has 0 aromatic carbocycles. The van der Waals surface area contributed by atoms with Crippen molar-refractivity contribution in [1.82, 2.24) is 19.9 Å². The van der Waals surface area contributed by atoms with Gasteiger partial charge >= 0.3 is 0 Å². The van der Waals surface area contributed by atoms with E-state index in [1.807, 2.05) is 0 Å². The van der Waals surface area contributed by atoms with Gasteiger partial charge in [-0.1, -0.05) is 15.9 Å². The molecule has 3 rings (SSSR count). The second kappa shape index (κ2) is 4.60. The molecule has 0 amide bonds. The van der Waals surface area contributed by atoms with E-state index in [0.29, 0.717) is 0 Å². The molecule has 1 N–H and O–H groups in total. The molecule has 6 heteroatoms. The molecule has 1 aliphatic heterocycles. The Bertz CT molecular complexity index is 511. The molecule has 0 aliphatic carbocycles. The molecule has 17 heavy (non-hydrogen) atoms. The maximum absolute atomic E-state index is 4.39. The van der Waals surface area contributed by atoms with Crippen LogP contribution in [0.3, 0.4) is 0 Å². The van der Waals surface area contributed by atoms with E-state index in [9.17, 15) is 0 Å². The normalized spacial score (nSPS) is 20.3. The molecule has 0 radical (unpaired) electrons. The highest BCUT2D eigenvalue weighted by atomic mass is 79.9. The van der Waals surface area contributed by atoms with E-state index in [0.717, 1.165) is 41.3 Å². The van der Waals surface area contributed by atoms with Crippen LogP contribution in [0.1, 0.15) is 12.8 Å². The number of imidazole rings is 1. The van der Waals surface area contributed by atoms with Crippen LogP contribution in [0, 0.1) is 5.92 Å². The molecule has 90 valence electrons. The van der Waals surface area contributed by atoms with E-state index in [4.69, 9.17) is 0 Å². The minimum absolute atomic E-state index is 0.749. The Balaban J connectivity index is 1.87. The average Bonchev–Trinajstić information content (AvgIpc) is 2.96. The Hall–Kier alpha value is -1.17. The number of H-pyrrole nitrogens is 1. The molecule has 0 spiro atoms. The molecule has 0 bridgehead atoms. The van der Waals surface area contributed by atoms with Crippen LogP contribution in [0.2, 0.25) is 0 Å². The fraction of sp³-hybridized carbons (Fsp3) is 0.545. The monoisotopic (exact) mass is 295 g/mol. The van der Waals surface area contributed by atoms with Crippen molar-refractivity contribution in [3.63, 3.8) is 0 Å². The standard InChI is InChI=1S/C11H14BrN5/c12-3-1-8-2-4-17(5-8)11-9-10(14-6-13-9)15-7-16-11/h6-8H,1-5H2,(H,13,14,15,16). The predicted octanol–water partition coefficient (Wildman–Crippen LogP) is 1.96. The van der Waals surface area contributed by atoms with Crippen LogP contribution < -0.4 is 4.90 Å². The lowest BCUT2D eigenvalue weighted by Gasteiger charge is -2.17. The first-order valence-corrected chi connectivity index (χ1v) is 6.95. The Morgan fingerprint density at radius 1 is 1.41 bits per heavy atom. The third kappa shape index (κ3) is 2.01. The first-order chi connectivity index (χ1) is 8.38. The quantitative estimate of drug-likeness (QED) is 0.880. The zero-order valence-corrected chi connectivity index (χ0v) is 11.0. The molecule has 1 atom stereocenters. The van der Waals surface area contributed by atoms with Crippen LogP contribution >= 0.6 is 15.9 Å². The van der Waals surface area contributed by atoms with Gasteiger partial charge < -0.3 is 9.88 Å². The first kappa shape index (κ1) is 11.0. The largest absolute Gasteiger partial charge is 0.354 e. The van der Waals surface area contributed by atoms with E-state index >= 15 is 0 Å². The van der Waals surface area contributed by atoms with E-state index < -0.39 is 0 Å². The van der Waals surface area contributed by atoms with Crippen LogP contribution in [0.25, 0.3) is 11.2 Å². The number of hydrogen-bond acceptors (Lipinski definition) is 4. The van der Waals surface area contributed by atoms with Gasteiger partial charge in [-0.2, -0.15) is 0 Å². The number of aromatic nitrogens is 4. The number of halogens is 1. The van der Waals surface area contributed by atoms with Crippen molar-refractivity contribution in [2.24, 2.45) is 5.92 Å². The van der Waals surface area contributed by atoms with Gasteiger partial charge in [0.15, 0.2) is 11.5 Å². The summed E-state index contributed by atoms with van der Waals surface area (Å²) in [5.74, 6) is 1.76. The Morgan fingerprint density at radius 2 is 2.35 bits per heavy atom. The van der Waals surface area contributed by atoms with Gasteiger partial charge in [-0.3, -0.25) is 0 Å².